The fourth-order valence-corrected chi connectivity index (χ4v) is 2.24. The van der Waals surface area contributed by atoms with Gasteiger partial charge in [0.1, 0.15) is 17.7 Å². The fraction of sp³-hybridized carbons (Fsp3) is 0.278. The van der Waals surface area contributed by atoms with E-state index in [-0.39, 0.29) is 11.9 Å². The molecule has 122 valence electrons. The Bertz CT molecular complexity index is 663. The van der Waals surface area contributed by atoms with Crippen molar-refractivity contribution in [1.82, 2.24) is 0 Å². The third kappa shape index (κ3) is 5.62. The predicted molar refractivity (Wildman–Crippen MR) is 92.5 cm³/mol. The van der Waals surface area contributed by atoms with E-state index in [1.807, 2.05) is 32.9 Å². The molecule has 1 unspecified atom stereocenters. The molecule has 0 saturated heterocycles. The molecule has 0 aliphatic carbocycles. The lowest BCUT2D eigenvalue weighted by atomic mass is 10.1. The summed E-state index contributed by atoms with van der Waals surface area (Å²) in [7, 11) is 0. The number of aliphatic imine (C=N–C) groups is 1. The molecular formula is C18H22FN3O. The molecular weight excluding hydrogens is 293 g/mol. The van der Waals surface area contributed by atoms with Gasteiger partial charge in [0.05, 0.1) is 6.54 Å². The summed E-state index contributed by atoms with van der Waals surface area (Å²) in [6.07, 6.45) is -0.167. The molecule has 2 rings (SSSR count). The molecule has 0 spiro atoms. The smallest absolute Gasteiger partial charge is 0.193 e. The van der Waals surface area contributed by atoms with Gasteiger partial charge in [-0.25, -0.2) is 9.38 Å². The quantitative estimate of drug-likeness (QED) is 0.654. The lowest BCUT2D eigenvalue weighted by Crippen LogP contribution is -2.25. The predicted octanol–water partition coefficient (Wildman–Crippen LogP) is 3.64. The molecule has 0 aliphatic rings. The molecule has 0 aromatic heterocycles. The van der Waals surface area contributed by atoms with Crippen LogP contribution in [0, 0.1) is 19.7 Å². The van der Waals surface area contributed by atoms with E-state index >= 15 is 0 Å². The first kappa shape index (κ1) is 16.8. The van der Waals surface area contributed by atoms with Crippen molar-refractivity contribution >= 4 is 11.6 Å². The van der Waals surface area contributed by atoms with E-state index in [2.05, 4.69) is 16.4 Å². The lowest BCUT2D eigenvalue weighted by Gasteiger charge is -2.13. The van der Waals surface area contributed by atoms with Gasteiger partial charge in [-0.3, -0.25) is 0 Å². The zero-order valence-electron chi connectivity index (χ0n) is 13.6. The Morgan fingerprint density at radius 1 is 1.17 bits per heavy atom. The summed E-state index contributed by atoms with van der Waals surface area (Å²) in [6, 6.07) is 12.0. The number of halogens is 1. The molecule has 2 aromatic rings. The zero-order valence-corrected chi connectivity index (χ0v) is 13.6. The van der Waals surface area contributed by atoms with Crippen LogP contribution >= 0.6 is 0 Å². The molecule has 0 radical (unpaired) electrons. The first-order chi connectivity index (χ1) is 10.9. The number of ether oxygens (including phenoxy) is 1. The Labute approximate surface area is 136 Å². The normalized spacial score (nSPS) is 12.8. The summed E-state index contributed by atoms with van der Waals surface area (Å²) in [6.45, 7) is 6.35. The number of nitrogens with one attached hydrogen (secondary N) is 1. The number of hydrogen-bond donors (Lipinski definition) is 2. The molecule has 23 heavy (non-hydrogen) atoms. The largest absolute Gasteiger partial charge is 0.489 e. The highest BCUT2D eigenvalue weighted by Crippen LogP contribution is 2.14. The van der Waals surface area contributed by atoms with Crippen LogP contribution in [0.15, 0.2) is 47.5 Å². The molecule has 2 aromatic carbocycles. The first-order valence-corrected chi connectivity index (χ1v) is 7.50. The Hall–Kier alpha value is -2.56. The second-order valence-corrected chi connectivity index (χ2v) is 5.61. The van der Waals surface area contributed by atoms with Crippen LogP contribution in [0.2, 0.25) is 0 Å². The van der Waals surface area contributed by atoms with Gasteiger partial charge >= 0.3 is 0 Å². The van der Waals surface area contributed by atoms with Crippen LogP contribution in [0.25, 0.3) is 0 Å². The van der Waals surface area contributed by atoms with Crippen LogP contribution < -0.4 is 15.8 Å². The highest BCUT2D eigenvalue weighted by Gasteiger charge is 2.04. The minimum Gasteiger partial charge on any atom is -0.489 e. The van der Waals surface area contributed by atoms with E-state index in [9.17, 15) is 4.39 Å². The highest BCUT2D eigenvalue weighted by molar-refractivity contribution is 5.92. The Balaban J connectivity index is 1.89. The van der Waals surface area contributed by atoms with Gasteiger partial charge in [0.25, 0.3) is 0 Å². The number of benzene rings is 2. The summed E-state index contributed by atoms with van der Waals surface area (Å²) in [5, 5.41) is 3.07. The summed E-state index contributed by atoms with van der Waals surface area (Å²) < 4.78 is 18.5. The summed E-state index contributed by atoms with van der Waals surface area (Å²) >= 11 is 0. The van der Waals surface area contributed by atoms with Crippen LogP contribution in [-0.2, 0) is 0 Å². The van der Waals surface area contributed by atoms with Gasteiger partial charge in [0, 0.05) is 5.69 Å². The SMILES string of the molecule is Cc1cc(C)cc(NC(N)=NCC(C)Oc2ccc(F)cc2)c1. The van der Waals surface area contributed by atoms with Gasteiger partial charge in [-0.1, -0.05) is 6.07 Å². The number of guanidine groups is 1. The molecule has 0 saturated carbocycles. The van der Waals surface area contributed by atoms with E-state index in [0.717, 1.165) is 16.8 Å². The van der Waals surface area contributed by atoms with Crippen LogP contribution in [-0.4, -0.2) is 18.6 Å². The van der Waals surface area contributed by atoms with Crippen LogP contribution in [0.3, 0.4) is 0 Å². The van der Waals surface area contributed by atoms with Gasteiger partial charge in [0.15, 0.2) is 5.96 Å². The Morgan fingerprint density at radius 2 is 1.78 bits per heavy atom. The Kier molecular flexibility index (Phi) is 5.57. The van der Waals surface area contributed by atoms with Gasteiger partial charge < -0.3 is 15.8 Å². The van der Waals surface area contributed by atoms with Gasteiger partial charge in [-0.15, -0.1) is 0 Å². The minimum absolute atomic E-state index is 0.167. The standard InChI is InChI=1S/C18H22FN3O/c1-12-8-13(2)10-16(9-12)22-18(20)21-11-14(3)23-17-6-4-15(19)5-7-17/h4-10,14H,11H2,1-3H3,(H3,20,21,22). The molecule has 3 N–H and O–H groups in total. The number of nitrogens with two attached hydrogens (primary N) is 1. The molecule has 1 atom stereocenters. The second-order valence-electron chi connectivity index (χ2n) is 5.61. The van der Waals surface area contributed by atoms with Crippen LogP contribution in [0.4, 0.5) is 10.1 Å². The van der Waals surface area contributed by atoms with Crippen molar-refractivity contribution in [3.8, 4) is 5.75 Å². The molecule has 5 heteroatoms. The monoisotopic (exact) mass is 315 g/mol. The molecule has 0 heterocycles. The van der Waals surface area contributed by atoms with Crippen LogP contribution in [0.5, 0.6) is 5.75 Å². The summed E-state index contributed by atoms with van der Waals surface area (Å²) in [5.74, 6) is 0.657. The summed E-state index contributed by atoms with van der Waals surface area (Å²) in [4.78, 5) is 4.28. The van der Waals surface area contributed by atoms with E-state index in [4.69, 9.17) is 10.5 Å². The number of aryl methyl sites for hydroxylation is 2. The van der Waals surface area contributed by atoms with Gasteiger partial charge in [0.2, 0.25) is 0 Å². The molecule has 0 aliphatic heterocycles. The first-order valence-electron chi connectivity index (χ1n) is 7.50. The average Bonchev–Trinajstić information content (AvgIpc) is 2.46. The summed E-state index contributed by atoms with van der Waals surface area (Å²) in [5.41, 5.74) is 9.13. The number of rotatable bonds is 5. The molecule has 4 nitrogen and oxygen atoms in total. The second kappa shape index (κ2) is 7.63. The maximum Gasteiger partial charge on any atom is 0.193 e. The molecule has 0 fully saturated rings. The van der Waals surface area contributed by atoms with E-state index in [1.54, 1.807) is 12.1 Å². The van der Waals surface area contributed by atoms with Crippen molar-refractivity contribution in [3.63, 3.8) is 0 Å². The number of anilines is 1. The minimum atomic E-state index is -0.287. The van der Waals surface area contributed by atoms with Crippen molar-refractivity contribution in [2.45, 2.75) is 26.9 Å². The fourth-order valence-electron chi connectivity index (χ4n) is 2.24. The van der Waals surface area contributed by atoms with Gasteiger partial charge in [-0.2, -0.15) is 0 Å². The van der Waals surface area contributed by atoms with E-state index < -0.39 is 0 Å². The maximum atomic E-state index is 12.8. The highest BCUT2D eigenvalue weighted by atomic mass is 19.1. The third-order valence-electron chi connectivity index (χ3n) is 3.16. The Morgan fingerprint density at radius 3 is 2.39 bits per heavy atom. The van der Waals surface area contributed by atoms with Crippen molar-refractivity contribution in [2.75, 3.05) is 11.9 Å². The maximum absolute atomic E-state index is 12.8. The third-order valence-corrected chi connectivity index (χ3v) is 3.16. The van der Waals surface area contributed by atoms with Crippen molar-refractivity contribution in [3.05, 3.63) is 59.4 Å². The number of nitrogens with zero attached hydrogens (tertiary/aromatic N) is 1. The van der Waals surface area contributed by atoms with Crippen molar-refractivity contribution < 1.29 is 9.13 Å². The lowest BCUT2D eigenvalue weighted by molar-refractivity contribution is 0.230. The number of hydrogen-bond acceptors (Lipinski definition) is 2. The van der Waals surface area contributed by atoms with E-state index in [0.29, 0.717) is 18.3 Å². The van der Waals surface area contributed by atoms with Crippen LogP contribution in [0.1, 0.15) is 18.1 Å². The molecule has 0 amide bonds. The van der Waals surface area contributed by atoms with Gasteiger partial charge in [-0.05, 0) is 68.3 Å². The van der Waals surface area contributed by atoms with Crippen molar-refractivity contribution in [1.29, 1.82) is 0 Å². The molecule has 0 bridgehead atoms. The zero-order chi connectivity index (χ0) is 16.8. The average molecular weight is 315 g/mol. The topological polar surface area (TPSA) is 59.6 Å². The van der Waals surface area contributed by atoms with Crippen molar-refractivity contribution in [2.24, 2.45) is 10.7 Å². The van der Waals surface area contributed by atoms with E-state index in [1.165, 1.54) is 12.1 Å².